The standard InChI is InChI=1S/C24H26N2O4/c1-14-6-7-15(12-25-14)18-13-29-23-17-8-10-24(2,3)30-22(17)16(9-11-26(4)5)20(27)19(23)21(18)28/h6-8,10,12-13,27H,9,11H2,1-5H3. The molecule has 0 unspecified atom stereocenters. The molecule has 0 saturated heterocycles. The Morgan fingerprint density at radius 2 is 2.00 bits per heavy atom. The van der Waals surface area contributed by atoms with Gasteiger partial charge < -0.3 is 19.2 Å². The van der Waals surface area contributed by atoms with Crippen LogP contribution in [0.3, 0.4) is 0 Å². The van der Waals surface area contributed by atoms with E-state index >= 15 is 0 Å². The third kappa shape index (κ3) is 3.48. The number of aryl methyl sites for hydroxylation is 1. The minimum Gasteiger partial charge on any atom is -0.507 e. The molecule has 0 radical (unpaired) electrons. The van der Waals surface area contributed by atoms with Gasteiger partial charge in [0.15, 0.2) is 5.58 Å². The molecule has 2 aromatic heterocycles. The van der Waals surface area contributed by atoms with Crippen LogP contribution in [0.5, 0.6) is 11.5 Å². The average molecular weight is 406 g/mol. The molecule has 3 heterocycles. The van der Waals surface area contributed by atoms with Crippen molar-refractivity contribution < 1.29 is 14.3 Å². The molecular formula is C24H26N2O4. The van der Waals surface area contributed by atoms with Crippen LogP contribution in [-0.2, 0) is 6.42 Å². The molecule has 0 atom stereocenters. The molecule has 0 fully saturated rings. The zero-order chi connectivity index (χ0) is 21.6. The number of likely N-dealkylation sites (N-methyl/N-ethyl adjacent to an activating group) is 1. The maximum atomic E-state index is 13.4. The molecule has 0 amide bonds. The lowest BCUT2D eigenvalue weighted by Crippen LogP contribution is -2.29. The molecule has 0 aliphatic carbocycles. The molecular weight excluding hydrogens is 380 g/mol. The van der Waals surface area contributed by atoms with Crippen LogP contribution in [0, 0.1) is 6.92 Å². The number of pyridine rings is 1. The second-order valence-corrected chi connectivity index (χ2v) is 8.53. The zero-order valence-electron chi connectivity index (χ0n) is 17.9. The minimum atomic E-state index is -0.520. The Morgan fingerprint density at radius 1 is 1.23 bits per heavy atom. The van der Waals surface area contributed by atoms with Gasteiger partial charge in [0, 0.05) is 29.6 Å². The number of benzene rings is 1. The van der Waals surface area contributed by atoms with E-state index in [4.69, 9.17) is 9.15 Å². The van der Waals surface area contributed by atoms with Crippen LogP contribution in [0.1, 0.15) is 30.7 Å². The first-order chi connectivity index (χ1) is 14.2. The molecule has 1 aliphatic heterocycles. The second-order valence-electron chi connectivity index (χ2n) is 8.53. The predicted molar refractivity (Wildman–Crippen MR) is 118 cm³/mol. The highest BCUT2D eigenvalue weighted by molar-refractivity contribution is 5.97. The second kappa shape index (κ2) is 7.29. The molecule has 4 rings (SSSR count). The van der Waals surface area contributed by atoms with Gasteiger partial charge in [-0.3, -0.25) is 9.78 Å². The summed E-state index contributed by atoms with van der Waals surface area (Å²) < 4.78 is 12.1. The molecule has 30 heavy (non-hydrogen) atoms. The van der Waals surface area contributed by atoms with Crippen molar-refractivity contribution in [3.63, 3.8) is 0 Å². The molecule has 3 aromatic rings. The van der Waals surface area contributed by atoms with Gasteiger partial charge in [-0.15, -0.1) is 0 Å². The van der Waals surface area contributed by atoms with Crippen LogP contribution in [0.25, 0.3) is 28.2 Å². The zero-order valence-corrected chi connectivity index (χ0v) is 17.9. The van der Waals surface area contributed by atoms with Crippen LogP contribution >= 0.6 is 0 Å². The Balaban J connectivity index is 2.01. The van der Waals surface area contributed by atoms with Crippen molar-refractivity contribution >= 4 is 17.0 Å². The molecule has 0 spiro atoms. The number of hydrogen-bond acceptors (Lipinski definition) is 6. The molecule has 6 heteroatoms. The fourth-order valence-electron chi connectivity index (χ4n) is 3.65. The summed E-state index contributed by atoms with van der Waals surface area (Å²) in [6.07, 6.45) is 7.46. The fourth-order valence-corrected chi connectivity index (χ4v) is 3.65. The van der Waals surface area contributed by atoms with Crippen molar-refractivity contribution in [3.8, 4) is 22.6 Å². The van der Waals surface area contributed by atoms with Gasteiger partial charge >= 0.3 is 0 Å². The Labute approximate surface area is 175 Å². The summed E-state index contributed by atoms with van der Waals surface area (Å²) >= 11 is 0. The summed E-state index contributed by atoms with van der Waals surface area (Å²) in [5.74, 6) is 0.495. The van der Waals surface area contributed by atoms with Gasteiger partial charge in [-0.25, -0.2) is 0 Å². The number of nitrogens with zero attached hydrogens (tertiary/aromatic N) is 2. The first kappa shape index (κ1) is 20.2. The largest absolute Gasteiger partial charge is 0.507 e. The number of fused-ring (bicyclic) bond motifs is 3. The number of hydrogen-bond donors (Lipinski definition) is 1. The van der Waals surface area contributed by atoms with Gasteiger partial charge in [-0.1, -0.05) is 6.07 Å². The quantitative estimate of drug-likeness (QED) is 0.701. The number of phenolic OH excluding ortho intramolecular Hbond substituents is 1. The Bertz CT molecular complexity index is 1200. The highest BCUT2D eigenvalue weighted by atomic mass is 16.5. The van der Waals surface area contributed by atoms with Crippen LogP contribution < -0.4 is 10.2 Å². The van der Waals surface area contributed by atoms with E-state index in [0.29, 0.717) is 46.6 Å². The highest BCUT2D eigenvalue weighted by Crippen LogP contribution is 2.44. The smallest absolute Gasteiger partial charge is 0.204 e. The van der Waals surface area contributed by atoms with E-state index < -0.39 is 5.60 Å². The summed E-state index contributed by atoms with van der Waals surface area (Å²) in [5.41, 5.74) is 2.70. The fraction of sp³-hybridized carbons (Fsp3) is 0.333. The Hall–Kier alpha value is -3.12. The number of ether oxygens (including phenoxy) is 1. The van der Waals surface area contributed by atoms with Gasteiger partial charge in [0.2, 0.25) is 5.43 Å². The van der Waals surface area contributed by atoms with E-state index in [1.54, 1.807) is 6.20 Å². The maximum absolute atomic E-state index is 13.4. The average Bonchev–Trinajstić information content (AvgIpc) is 2.67. The van der Waals surface area contributed by atoms with Crippen LogP contribution in [0.2, 0.25) is 0 Å². The Kier molecular flexibility index (Phi) is 4.90. The van der Waals surface area contributed by atoms with Crippen molar-refractivity contribution in [1.82, 2.24) is 9.88 Å². The number of aromatic nitrogens is 1. The molecule has 0 saturated carbocycles. The first-order valence-corrected chi connectivity index (χ1v) is 9.97. The summed E-state index contributed by atoms with van der Waals surface area (Å²) in [6, 6.07) is 3.67. The van der Waals surface area contributed by atoms with Crippen molar-refractivity contribution in [2.45, 2.75) is 32.8 Å². The van der Waals surface area contributed by atoms with E-state index in [2.05, 4.69) is 4.98 Å². The molecule has 1 aromatic carbocycles. The monoisotopic (exact) mass is 406 g/mol. The highest BCUT2D eigenvalue weighted by Gasteiger charge is 2.30. The van der Waals surface area contributed by atoms with Crippen molar-refractivity contribution in [1.29, 1.82) is 0 Å². The van der Waals surface area contributed by atoms with E-state index in [9.17, 15) is 9.90 Å². The van der Waals surface area contributed by atoms with Gasteiger partial charge in [0.1, 0.15) is 28.7 Å². The topological polar surface area (TPSA) is 75.8 Å². The van der Waals surface area contributed by atoms with Gasteiger partial charge in [0.05, 0.1) is 11.1 Å². The van der Waals surface area contributed by atoms with E-state index in [1.807, 2.05) is 64.1 Å². The lowest BCUT2D eigenvalue weighted by molar-refractivity contribution is 0.156. The van der Waals surface area contributed by atoms with Gasteiger partial charge in [-0.2, -0.15) is 0 Å². The van der Waals surface area contributed by atoms with E-state index in [0.717, 1.165) is 5.69 Å². The molecule has 6 nitrogen and oxygen atoms in total. The van der Waals surface area contributed by atoms with Crippen LogP contribution in [0.15, 0.2) is 39.9 Å². The van der Waals surface area contributed by atoms with Crippen molar-refractivity contribution in [2.75, 3.05) is 20.6 Å². The minimum absolute atomic E-state index is 0.0765. The maximum Gasteiger partial charge on any atom is 0.204 e. The third-order valence-corrected chi connectivity index (χ3v) is 5.33. The summed E-state index contributed by atoms with van der Waals surface area (Å²) in [7, 11) is 3.93. The normalized spacial score (nSPS) is 14.7. The molecule has 1 aliphatic rings. The van der Waals surface area contributed by atoms with Crippen molar-refractivity contribution in [3.05, 3.63) is 57.7 Å². The molecule has 0 bridgehead atoms. The molecule has 156 valence electrons. The van der Waals surface area contributed by atoms with E-state index in [-0.39, 0.29) is 16.6 Å². The number of phenols is 1. The number of aromatic hydroxyl groups is 1. The predicted octanol–water partition coefficient (Wildman–Crippen LogP) is 4.16. The van der Waals surface area contributed by atoms with E-state index in [1.165, 1.54) is 6.26 Å². The van der Waals surface area contributed by atoms with Crippen LogP contribution in [-0.4, -0.2) is 41.2 Å². The van der Waals surface area contributed by atoms with Crippen LogP contribution in [0.4, 0.5) is 0 Å². The number of rotatable bonds is 4. The van der Waals surface area contributed by atoms with Crippen molar-refractivity contribution in [2.24, 2.45) is 0 Å². The Morgan fingerprint density at radius 3 is 2.67 bits per heavy atom. The lowest BCUT2D eigenvalue weighted by atomic mass is 9.94. The third-order valence-electron chi connectivity index (χ3n) is 5.33. The SMILES string of the molecule is Cc1ccc(-c2coc3c4c(c(CCN(C)C)c(O)c3c2=O)OC(C)(C)C=C4)cn1. The van der Waals surface area contributed by atoms with Gasteiger partial charge in [0.25, 0.3) is 0 Å². The lowest BCUT2D eigenvalue weighted by Gasteiger charge is -2.30. The first-order valence-electron chi connectivity index (χ1n) is 9.97. The summed E-state index contributed by atoms with van der Waals surface area (Å²) in [6.45, 7) is 6.49. The molecule has 1 N–H and O–H groups in total. The van der Waals surface area contributed by atoms with Gasteiger partial charge in [-0.05, 0) is 59.5 Å². The summed E-state index contributed by atoms with van der Waals surface area (Å²) in [4.78, 5) is 19.7. The summed E-state index contributed by atoms with van der Waals surface area (Å²) in [5, 5.41) is 11.4.